The van der Waals surface area contributed by atoms with Crippen molar-refractivity contribution in [1.29, 1.82) is 0 Å². The van der Waals surface area contributed by atoms with Crippen LogP contribution in [-0.2, 0) is 0 Å². The Hall–Kier alpha value is -1.52. The van der Waals surface area contributed by atoms with Gasteiger partial charge in [0.05, 0.1) is 0 Å². The summed E-state index contributed by atoms with van der Waals surface area (Å²) in [5.74, 6) is 0. The first-order valence-electron chi connectivity index (χ1n) is 6.03. The van der Waals surface area contributed by atoms with Gasteiger partial charge in [0, 0.05) is 40.4 Å². The zero-order valence-corrected chi connectivity index (χ0v) is 10.7. The van der Waals surface area contributed by atoms with Crippen molar-refractivity contribution in [2.24, 2.45) is 0 Å². The van der Waals surface area contributed by atoms with E-state index in [2.05, 4.69) is 23.2 Å². The molecular formula is C12H9B5O3. The molecule has 90 valence electrons. The predicted molar refractivity (Wildman–Crippen MR) is 86.6 cm³/mol. The molecule has 0 spiro atoms. The monoisotopic (exact) mass is 256 g/mol. The number of furan rings is 1. The lowest BCUT2D eigenvalue weighted by molar-refractivity contribution is 0.425. The zero-order chi connectivity index (χ0) is 14.7. The third-order valence-corrected chi connectivity index (χ3v) is 2.70. The van der Waals surface area contributed by atoms with E-state index in [0.717, 1.165) is 16.4 Å². The summed E-state index contributed by atoms with van der Waals surface area (Å²) in [6.45, 7) is 0. The topological polar surface area (TPSA) is 53.6 Å². The zero-order valence-electron chi connectivity index (χ0n) is 10.7. The molecule has 6 radical (unpaired) electrons. The molecule has 20 heavy (non-hydrogen) atoms. The van der Waals surface area contributed by atoms with Crippen LogP contribution in [0.3, 0.4) is 0 Å². The van der Waals surface area contributed by atoms with Gasteiger partial charge in [-0.05, 0) is 17.6 Å². The summed E-state index contributed by atoms with van der Waals surface area (Å²) in [4.78, 5) is 0. The highest BCUT2D eigenvalue weighted by atomic mass is 16.4. The minimum atomic E-state index is -1.46. The third-order valence-electron chi connectivity index (χ3n) is 2.70. The second-order valence-corrected chi connectivity index (χ2v) is 4.30. The van der Waals surface area contributed by atoms with Gasteiger partial charge in [0.2, 0.25) is 0 Å². The summed E-state index contributed by atoms with van der Waals surface area (Å²) in [5, 5.41) is 20.2. The van der Waals surface area contributed by atoms with E-state index in [9.17, 15) is 0 Å². The van der Waals surface area contributed by atoms with Gasteiger partial charge in [-0.3, -0.25) is 0 Å². The molecular weight excluding hydrogens is 246 g/mol. The van der Waals surface area contributed by atoms with Crippen LogP contribution in [0.2, 0.25) is 0 Å². The SMILES string of the molecule is OB(O)c1ccc2c(c1)oc1ccccc12.[B]B([B])[B]. The van der Waals surface area contributed by atoms with Gasteiger partial charge in [-0.2, -0.15) is 0 Å². The largest absolute Gasteiger partial charge is 0.488 e. The highest BCUT2D eigenvalue weighted by Gasteiger charge is 2.13. The van der Waals surface area contributed by atoms with Gasteiger partial charge in [0.1, 0.15) is 11.2 Å². The second-order valence-electron chi connectivity index (χ2n) is 4.30. The van der Waals surface area contributed by atoms with Gasteiger partial charge >= 0.3 is 7.12 Å². The molecule has 1 aromatic heterocycles. The summed E-state index contributed by atoms with van der Waals surface area (Å²) >= 11 is 0. The lowest BCUT2D eigenvalue weighted by Crippen LogP contribution is -2.29. The molecule has 0 aliphatic carbocycles. The number of hydrogen-bond acceptors (Lipinski definition) is 3. The second kappa shape index (κ2) is 6.29. The summed E-state index contributed by atoms with van der Waals surface area (Å²) in [6, 6.07) is 12.9. The Bertz CT molecular complexity index is 708. The van der Waals surface area contributed by atoms with Gasteiger partial charge < -0.3 is 14.5 Å². The summed E-state index contributed by atoms with van der Waals surface area (Å²) in [7, 11) is 12.5. The van der Waals surface area contributed by atoms with E-state index in [0.29, 0.717) is 11.0 Å². The van der Waals surface area contributed by atoms with Gasteiger partial charge in [-0.25, -0.2) is 0 Å². The van der Waals surface area contributed by atoms with Crippen LogP contribution in [0.4, 0.5) is 0 Å². The number of fused-ring (bicyclic) bond motifs is 3. The van der Waals surface area contributed by atoms with Crippen LogP contribution in [0.25, 0.3) is 21.9 Å². The molecule has 0 atom stereocenters. The molecule has 3 rings (SSSR count). The molecule has 0 unspecified atom stereocenters. The molecule has 0 amide bonds. The molecule has 0 aliphatic rings. The fourth-order valence-corrected chi connectivity index (χ4v) is 1.90. The summed E-state index contributed by atoms with van der Waals surface area (Å²) < 4.78 is 5.62. The molecule has 0 saturated heterocycles. The standard InChI is InChI=1S/C12H9BO3.B4/c14-13(15)8-5-6-10-9-3-1-2-4-11(9)16-12(10)7-8;1-4(2)3/h1-7,14-15H;. The average Bonchev–Trinajstić information content (AvgIpc) is 2.75. The first-order chi connectivity index (χ1) is 9.49. The number of hydrogen-bond donors (Lipinski definition) is 2. The summed E-state index contributed by atoms with van der Waals surface area (Å²) in [5.41, 5.74) is 1.92. The maximum Gasteiger partial charge on any atom is 0.488 e. The molecule has 3 nitrogen and oxygen atoms in total. The molecule has 1 heterocycles. The van der Waals surface area contributed by atoms with E-state index >= 15 is 0 Å². The van der Waals surface area contributed by atoms with Crippen molar-refractivity contribution in [3.8, 4) is 0 Å². The van der Waals surface area contributed by atoms with Crippen LogP contribution in [0.5, 0.6) is 0 Å². The fourth-order valence-electron chi connectivity index (χ4n) is 1.90. The van der Waals surface area contributed by atoms with Crippen molar-refractivity contribution in [2.75, 3.05) is 0 Å². The van der Waals surface area contributed by atoms with Crippen LogP contribution < -0.4 is 5.46 Å². The molecule has 2 aromatic carbocycles. The Morgan fingerprint density at radius 3 is 2.10 bits per heavy atom. The first kappa shape index (κ1) is 14.9. The van der Waals surface area contributed by atoms with Crippen LogP contribution in [0, 0.1) is 0 Å². The highest BCUT2D eigenvalue weighted by molar-refractivity contribution is 7.49. The number of para-hydroxylation sites is 1. The van der Waals surface area contributed by atoms with Crippen molar-refractivity contribution in [1.82, 2.24) is 0 Å². The van der Waals surface area contributed by atoms with Crippen molar-refractivity contribution in [2.45, 2.75) is 0 Å². The highest BCUT2D eigenvalue weighted by Crippen LogP contribution is 2.27. The van der Waals surface area contributed by atoms with Crippen LogP contribution in [0.15, 0.2) is 46.9 Å². The lowest BCUT2D eigenvalue weighted by atomic mass is 9.08. The minimum absolute atomic E-state index is 0.437. The lowest BCUT2D eigenvalue weighted by Gasteiger charge is -1.97. The third kappa shape index (κ3) is 3.32. The van der Waals surface area contributed by atoms with E-state index in [1.807, 2.05) is 30.3 Å². The van der Waals surface area contributed by atoms with E-state index in [1.54, 1.807) is 12.1 Å². The Morgan fingerprint density at radius 2 is 1.45 bits per heavy atom. The van der Waals surface area contributed by atoms with Crippen LogP contribution in [-0.4, -0.2) is 46.8 Å². The molecule has 0 bridgehead atoms. The molecule has 0 aliphatic heterocycles. The Morgan fingerprint density at radius 1 is 0.850 bits per heavy atom. The Kier molecular flexibility index (Phi) is 4.68. The first-order valence-corrected chi connectivity index (χ1v) is 6.03. The van der Waals surface area contributed by atoms with Gasteiger partial charge in [-0.1, -0.05) is 30.3 Å². The van der Waals surface area contributed by atoms with Crippen LogP contribution in [0.1, 0.15) is 0 Å². The van der Waals surface area contributed by atoms with E-state index in [-0.39, 0.29) is 0 Å². The maximum atomic E-state index is 9.07. The fraction of sp³-hybridized carbons (Fsp3) is 0. The quantitative estimate of drug-likeness (QED) is 0.589. The van der Waals surface area contributed by atoms with Crippen molar-refractivity contribution in [3.05, 3.63) is 42.5 Å². The Labute approximate surface area is 121 Å². The van der Waals surface area contributed by atoms with Gasteiger partial charge in [-0.15, -0.1) is 0 Å². The minimum Gasteiger partial charge on any atom is -0.456 e. The maximum absolute atomic E-state index is 9.07. The predicted octanol–water partition coefficient (Wildman–Crippen LogP) is -0.257. The average molecular weight is 255 g/mol. The van der Waals surface area contributed by atoms with E-state index in [1.165, 1.54) is 0 Å². The van der Waals surface area contributed by atoms with Crippen LogP contribution >= 0.6 is 0 Å². The van der Waals surface area contributed by atoms with E-state index in [4.69, 9.17) is 14.5 Å². The van der Waals surface area contributed by atoms with Crippen molar-refractivity contribution < 1.29 is 14.5 Å². The number of rotatable bonds is 1. The van der Waals surface area contributed by atoms with Crippen molar-refractivity contribution in [3.63, 3.8) is 0 Å². The normalized spacial score (nSPS) is 10.1. The number of benzene rings is 2. The van der Waals surface area contributed by atoms with E-state index < -0.39 is 13.5 Å². The molecule has 2 N–H and O–H groups in total. The van der Waals surface area contributed by atoms with Gasteiger partial charge in [0.15, 0.2) is 0 Å². The molecule has 3 aromatic rings. The van der Waals surface area contributed by atoms with Crippen molar-refractivity contribution >= 4 is 64.1 Å². The summed E-state index contributed by atoms with van der Waals surface area (Å²) in [6.07, 6.45) is -0.667. The molecule has 0 fully saturated rings. The van der Waals surface area contributed by atoms with Gasteiger partial charge in [0.25, 0.3) is 0 Å². The Balaban J connectivity index is 0.000000328. The molecule has 0 saturated carbocycles. The molecule has 8 heteroatoms. The smallest absolute Gasteiger partial charge is 0.456 e.